The van der Waals surface area contributed by atoms with E-state index in [2.05, 4.69) is 0 Å². The van der Waals surface area contributed by atoms with Crippen LogP contribution < -0.4 is 4.74 Å². The van der Waals surface area contributed by atoms with E-state index in [9.17, 15) is 9.90 Å². The first-order chi connectivity index (χ1) is 7.83. The van der Waals surface area contributed by atoms with Gasteiger partial charge in [0.15, 0.2) is 0 Å². The van der Waals surface area contributed by atoms with E-state index >= 15 is 0 Å². The summed E-state index contributed by atoms with van der Waals surface area (Å²) in [5.41, 5.74) is 1.26. The van der Waals surface area contributed by atoms with Crippen molar-refractivity contribution >= 4 is 6.29 Å². The third-order valence-electron chi connectivity index (χ3n) is 2.99. The van der Waals surface area contributed by atoms with Crippen molar-refractivity contribution in [1.29, 1.82) is 0 Å². The molecule has 1 aliphatic carbocycles. The number of ether oxygens (including phenoxy) is 1. The van der Waals surface area contributed by atoms with E-state index in [1.807, 2.05) is 0 Å². The van der Waals surface area contributed by atoms with Crippen LogP contribution in [-0.4, -0.2) is 17.5 Å². The van der Waals surface area contributed by atoms with Gasteiger partial charge in [-0.05, 0) is 43.9 Å². The van der Waals surface area contributed by atoms with Gasteiger partial charge in [0, 0.05) is 11.1 Å². The Hall–Kier alpha value is -1.35. The van der Waals surface area contributed by atoms with E-state index in [0.29, 0.717) is 16.9 Å². The van der Waals surface area contributed by atoms with Gasteiger partial charge in [-0.15, -0.1) is 0 Å². The molecule has 1 fully saturated rings. The van der Waals surface area contributed by atoms with Crippen LogP contribution in [0.2, 0.25) is 0 Å². The fraction of sp³-hybridized carbons (Fsp3) is 0.462. The molecule has 0 radical (unpaired) electrons. The third kappa shape index (κ3) is 2.42. The van der Waals surface area contributed by atoms with Gasteiger partial charge < -0.3 is 9.84 Å². The first-order valence-corrected chi connectivity index (χ1v) is 5.69. The van der Waals surface area contributed by atoms with Gasteiger partial charge >= 0.3 is 0 Å². The first-order valence-electron chi connectivity index (χ1n) is 5.69. The van der Waals surface area contributed by atoms with Crippen LogP contribution in [0.25, 0.3) is 0 Å². The molecule has 1 aromatic carbocycles. The molecule has 0 unspecified atom stereocenters. The minimum absolute atomic E-state index is 0.0935. The lowest BCUT2D eigenvalue weighted by atomic mass is 10.1. The van der Waals surface area contributed by atoms with Crippen molar-refractivity contribution in [2.24, 2.45) is 0 Å². The lowest BCUT2D eigenvalue weighted by Gasteiger charge is -2.15. The molecule has 0 amide bonds. The molecule has 3 heteroatoms. The van der Waals surface area contributed by atoms with E-state index < -0.39 is 0 Å². The smallest absolute Gasteiger partial charge is 0.150 e. The summed E-state index contributed by atoms with van der Waals surface area (Å²) in [6.07, 6.45) is 5.64. The van der Waals surface area contributed by atoms with Crippen LogP contribution in [0.15, 0.2) is 18.2 Å². The summed E-state index contributed by atoms with van der Waals surface area (Å²) in [5, 5.41) is 9.22. The van der Waals surface area contributed by atoms with E-state index in [4.69, 9.17) is 4.74 Å². The summed E-state index contributed by atoms with van der Waals surface area (Å²) in [7, 11) is 0. The number of rotatable bonds is 4. The van der Waals surface area contributed by atoms with Crippen molar-refractivity contribution in [3.63, 3.8) is 0 Å². The quantitative estimate of drug-likeness (QED) is 0.792. The molecule has 1 aromatic rings. The van der Waals surface area contributed by atoms with Crippen LogP contribution in [-0.2, 0) is 6.61 Å². The molecule has 1 N–H and O–H groups in total. The molecule has 1 aliphatic rings. The van der Waals surface area contributed by atoms with Gasteiger partial charge in [0.25, 0.3) is 0 Å². The zero-order chi connectivity index (χ0) is 11.4. The maximum absolute atomic E-state index is 10.6. The number of aldehydes is 1. The van der Waals surface area contributed by atoms with Crippen molar-refractivity contribution in [2.75, 3.05) is 0 Å². The molecule has 2 rings (SSSR count). The van der Waals surface area contributed by atoms with Gasteiger partial charge in [0.05, 0.1) is 12.7 Å². The lowest BCUT2D eigenvalue weighted by molar-refractivity contribution is 0.112. The molecule has 0 atom stereocenters. The van der Waals surface area contributed by atoms with Crippen molar-refractivity contribution in [2.45, 2.75) is 38.4 Å². The second kappa shape index (κ2) is 5.12. The Morgan fingerprint density at radius 1 is 1.38 bits per heavy atom. The summed E-state index contributed by atoms with van der Waals surface area (Å²) in [6.45, 7) is -0.0935. The minimum Gasteiger partial charge on any atom is -0.490 e. The molecule has 0 heterocycles. The number of benzene rings is 1. The maximum Gasteiger partial charge on any atom is 0.150 e. The molecule has 86 valence electrons. The topological polar surface area (TPSA) is 46.5 Å². The Morgan fingerprint density at radius 2 is 2.12 bits per heavy atom. The normalized spacial score (nSPS) is 16.3. The second-order valence-corrected chi connectivity index (χ2v) is 4.17. The number of carbonyl (C=O) groups is 1. The summed E-state index contributed by atoms with van der Waals surface area (Å²) in [4.78, 5) is 10.6. The van der Waals surface area contributed by atoms with Gasteiger partial charge in [-0.2, -0.15) is 0 Å². The first kappa shape index (κ1) is 11.1. The van der Waals surface area contributed by atoms with Crippen molar-refractivity contribution in [3.8, 4) is 5.75 Å². The van der Waals surface area contributed by atoms with E-state index in [-0.39, 0.29) is 12.7 Å². The number of hydrogen-bond donors (Lipinski definition) is 1. The molecular weight excluding hydrogens is 204 g/mol. The van der Waals surface area contributed by atoms with Gasteiger partial charge in [0.1, 0.15) is 12.0 Å². The van der Waals surface area contributed by atoms with Crippen LogP contribution >= 0.6 is 0 Å². The van der Waals surface area contributed by atoms with Crippen LogP contribution in [0.3, 0.4) is 0 Å². The van der Waals surface area contributed by atoms with Gasteiger partial charge in [0.2, 0.25) is 0 Å². The Morgan fingerprint density at radius 3 is 2.75 bits per heavy atom. The molecule has 0 spiro atoms. The molecule has 0 aromatic heterocycles. The monoisotopic (exact) mass is 220 g/mol. The lowest BCUT2D eigenvalue weighted by Crippen LogP contribution is -2.12. The highest BCUT2D eigenvalue weighted by atomic mass is 16.5. The zero-order valence-electron chi connectivity index (χ0n) is 9.19. The molecule has 0 saturated heterocycles. The van der Waals surface area contributed by atoms with Crippen LogP contribution in [0.1, 0.15) is 41.6 Å². The van der Waals surface area contributed by atoms with Crippen LogP contribution in [0.4, 0.5) is 0 Å². The van der Waals surface area contributed by atoms with Crippen LogP contribution in [0.5, 0.6) is 5.75 Å². The van der Waals surface area contributed by atoms with E-state index in [1.54, 1.807) is 18.2 Å². The highest BCUT2D eigenvalue weighted by molar-refractivity contribution is 5.75. The Balaban J connectivity index is 2.15. The van der Waals surface area contributed by atoms with Crippen molar-refractivity contribution in [3.05, 3.63) is 29.3 Å². The fourth-order valence-electron chi connectivity index (χ4n) is 2.10. The molecule has 3 nitrogen and oxygen atoms in total. The third-order valence-corrected chi connectivity index (χ3v) is 2.99. The van der Waals surface area contributed by atoms with E-state index in [1.165, 1.54) is 12.8 Å². The minimum atomic E-state index is -0.0935. The second-order valence-electron chi connectivity index (χ2n) is 4.17. The standard InChI is InChI=1S/C13H16O3/c14-8-10-5-6-13(11(7-10)9-15)16-12-3-1-2-4-12/h5-8,12,15H,1-4,9H2. The summed E-state index contributed by atoms with van der Waals surface area (Å²) in [5.74, 6) is 0.708. The number of aliphatic hydroxyl groups is 1. The van der Waals surface area contributed by atoms with Gasteiger partial charge in [-0.25, -0.2) is 0 Å². The Labute approximate surface area is 95.0 Å². The zero-order valence-corrected chi connectivity index (χ0v) is 9.19. The molecule has 1 saturated carbocycles. The molecular formula is C13H16O3. The summed E-state index contributed by atoms with van der Waals surface area (Å²) < 4.78 is 5.82. The Bertz CT molecular complexity index is 367. The number of aliphatic hydroxyl groups excluding tert-OH is 1. The average molecular weight is 220 g/mol. The van der Waals surface area contributed by atoms with E-state index in [0.717, 1.165) is 19.1 Å². The summed E-state index contributed by atoms with van der Waals surface area (Å²) in [6, 6.07) is 5.17. The molecule has 16 heavy (non-hydrogen) atoms. The predicted octanol–water partition coefficient (Wildman–Crippen LogP) is 2.31. The Kier molecular flexibility index (Phi) is 3.57. The summed E-state index contributed by atoms with van der Waals surface area (Å²) >= 11 is 0. The van der Waals surface area contributed by atoms with Gasteiger partial charge in [-0.1, -0.05) is 0 Å². The van der Waals surface area contributed by atoms with Crippen molar-refractivity contribution in [1.82, 2.24) is 0 Å². The fourth-order valence-corrected chi connectivity index (χ4v) is 2.10. The number of hydrogen-bond acceptors (Lipinski definition) is 3. The van der Waals surface area contributed by atoms with Crippen molar-refractivity contribution < 1.29 is 14.6 Å². The van der Waals surface area contributed by atoms with Crippen LogP contribution in [0, 0.1) is 0 Å². The molecule has 0 aliphatic heterocycles. The average Bonchev–Trinajstić information content (AvgIpc) is 2.82. The van der Waals surface area contributed by atoms with Gasteiger partial charge in [-0.3, -0.25) is 4.79 Å². The SMILES string of the molecule is O=Cc1ccc(OC2CCCC2)c(CO)c1. The number of carbonyl (C=O) groups excluding carboxylic acids is 1. The molecule has 0 bridgehead atoms. The predicted molar refractivity (Wildman–Crippen MR) is 60.6 cm³/mol. The highest BCUT2D eigenvalue weighted by Crippen LogP contribution is 2.27. The largest absolute Gasteiger partial charge is 0.490 e. The maximum atomic E-state index is 10.6. The highest BCUT2D eigenvalue weighted by Gasteiger charge is 2.17.